The van der Waals surface area contributed by atoms with Crippen molar-refractivity contribution >= 4 is 47.3 Å². The van der Waals surface area contributed by atoms with Crippen LogP contribution in [0.15, 0.2) is 57.2 Å². The largest absolute Gasteiger partial charge is 0.380 e. The molecule has 2 aromatic carbocycles. The van der Waals surface area contributed by atoms with Crippen LogP contribution in [-0.2, 0) is 31.1 Å². The van der Waals surface area contributed by atoms with Gasteiger partial charge in [-0.15, -0.1) is 0 Å². The molecule has 1 aliphatic rings. The molecular weight excluding hydrogens is 534 g/mol. The number of hydrogen-bond donors (Lipinski definition) is 0. The molecule has 0 radical (unpaired) electrons. The number of aromatic nitrogens is 1. The summed E-state index contributed by atoms with van der Waals surface area (Å²) in [5.41, 5.74) is 1.02. The van der Waals surface area contributed by atoms with E-state index in [4.69, 9.17) is 4.74 Å². The van der Waals surface area contributed by atoms with Crippen molar-refractivity contribution in [3.8, 4) is 0 Å². The fourth-order valence-corrected chi connectivity index (χ4v) is 7.57. The highest BCUT2D eigenvalue weighted by Gasteiger charge is 2.25. The summed E-state index contributed by atoms with van der Waals surface area (Å²) in [7, 11) is -7.00. The van der Waals surface area contributed by atoms with Crippen LogP contribution in [0.5, 0.6) is 0 Å². The summed E-state index contributed by atoms with van der Waals surface area (Å²) in [6, 6.07) is 10.7. The number of sulfone groups is 1. The lowest BCUT2D eigenvalue weighted by Gasteiger charge is -2.19. The highest BCUT2D eigenvalue weighted by molar-refractivity contribution is 7.90. The molecule has 12 heteroatoms. The standard InChI is InChI=1S/C25H31N3O6S3/c1-3-34-17-16-28-22-13-12-21(36(2,30)31)18-23(22)35-25(28)26-24(29)19-8-10-20(11-9-19)37(32,33)27-14-6-4-5-7-15-27/h8-13,18H,3-7,14-17H2,1-2H3. The molecule has 4 rings (SSSR count). The Morgan fingerprint density at radius 2 is 1.62 bits per heavy atom. The minimum absolute atomic E-state index is 0.160. The number of carbonyl (C=O) groups excluding carboxylic acids is 1. The lowest BCUT2D eigenvalue weighted by atomic mass is 10.2. The summed E-state index contributed by atoms with van der Waals surface area (Å²) >= 11 is 1.22. The van der Waals surface area contributed by atoms with Crippen molar-refractivity contribution in [2.24, 2.45) is 4.99 Å². The second kappa shape index (κ2) is 11.6. The number of rotatable bonds is 8. The molecule has 2 heterocycles. The Morgan fingerprint density at radius 1 is 0.973 bits per heavy atom. The van der Waals surface area contributed by atoms with Crippen molar-refractivity contribution < 1.29 is 26.4 Å². The quantitative estimate of drug-likeness (QED) is 0.387. The van der Waals surface area contributed by atoms with E-state index in [-0.39, 0.29) is 15.4 Å². The van der Waals surface area contributed by atoms with Gasteiger partial charge in [-0.1, -0.05) is 24.2 Å². The molecule has 9 nitrogen and oxygen atoms in total. The fraction of sp³-hybridized carbons (Fsp3) is 0.440. The second-order valence-corrected chi connectivity index (χ2v) is 13.9. The molecule has 1 amide bonds. The van der Waals surface area contributed by atoms with Crippen molar-refractivity contribution in [1.82, 2.24) is 8.87 Å². The molecule has 3 aromatic rings. The van der Waals surface area contributed by atoms with E-state index in [1.807, 2.05) is 11.5 Å². The van der Waals surface area contributed by atoms with Gasteiger partial charge in [-0.25, -0.2) is 16.8 Å². The minimum atomic E-state index is -3.61. The average Bonchev–Trinajstić information content (AvgIpc) is 3.01. The van der Waals surface area contributed by atoms with E-state index < -0.39 is 25.8 Å². The summed E-state index contributed by atoms with van der Waals surface area (Å²) in [5.74, 6) is -0.515. The van der Waals surface area contributed by atoms with Gasteiger partial charge in [0.1, 0.15) is 0 Å². The molecule has 0 spiro atoms. The number of hydrogen-bond acceptors (Lipinski definition) is 7. The summed E-state index contributed by atoms with van der Waals surface area (Å²) in [4.78, 5) is 18.1. The molecule has 0 aliphatic carbocycles. The second-order valence-electron chi connectivity index (χ2n) is 8.89. The molecule has 1 aromatic heterocycles. The van der Waals surface area contributed by atoms with Crippen LogP contribution in [0.1, 0.15) is 43.0 Å². The zero-order valence-electron chi connectivity index (χ0n) is 20.9. The predicted molar refractivity (Wildman–Crippen MR) is 143 cm³/mol. The number of benzene rings is 2. The monoisotopic (exact) mass is 565 g/mol. The van der Waals surface area contributed by atoms with E-state index in [0.29, 0.717) is 42.3 Å². The van der Waals surface area contributed by atoms with Gasteiger partial charge >= 0.3 is 0 Å². The first kappa shape index (κ1) is 27.6. The summed E-state index contributed by atoms with van der Waals surface area (Å²) in [6.45, 7) is 4.28. The summed E-state index contributed by atoms with van der Waals surface area (Å²) < 4.78 is 59.6. The first-order chi connectivity index (χ1) is 17.6. The Morgan fingerprint density at radius 3 is 2.24 bits per heavy atom. The van der Waals surface area contributed by atoms with Gasteiger partial charge in [-0.2, -0.15) is 9.30 Å². The van der Waals surface area contributed by atoms with Gasteiger partial charge in [0.25, 0.3) is 5.91 Å². The van der Waals surface area contributed by atoms with Crippen molar-refractivity contribution in [3.63, 3.8) is 0 Å². The maximum absolute atomic E-state index is 13.0. The molecule has 37 heavy (non-hydrogen) atoms. The van der Waals surface area contributed by atoms with Crippen LogP contribution in [0.25, 0.3) is 10.2 Å². The first-order valence-electron chi connectivity index (χ1n) is 12.2. The van der Waals surface area contributed by atoms with Crippen molar-refractivity contribution in [2.45, 2.75) is 48.9 Å². The van der Waals surface area contributed by atoms with Crippen molar-refractivity contribution in [3.05, 3.63) is 52.8 Å². The van der Waals surface area contributed by atoms with Crippen LogP contribution in [0.3, 0.4) is 0 Å². The number of nitrogens with zero attached hydrogens (tertiary/aromatic N) is 3. The van der Waals surface area contributed by atoms with Gasteiger partial charge in [-0.05, 0) is 62.2 Å². The minimum Gasteiger partial charge on any atom is -0.380 e. The summed E-state index contributed by atoms with van der Waals surface area (Å²) in [5, 5.41) is 0. The van der Waals surface area contributed by atoms with Crippen LogP contribution in [0.4, 0.5) is 0 Å². The number of fused-ring (bicyclic) bond motifs is 1. The third kappa shape index (κ3) is 6.37. The Kier molecular flexibility index (Phi) is 8.64. The average molecular weight is 566 g/mol. The molecule has 0 N–H and O–H groups in total. The third-order valence-electron chi connectivity index (χ3n) is 6.25. The number of sulfonamides is 1. The van der Waals surface area contributed by atoms with Crippen LogP contribution in [0, 0.1) is 0 Å². The van der Waals surface area contributed by atoms with E-state index in [1.54, 1.807) is 12.1 Å². The van der Waals surface area contributed by atoms with Crippen LogP contribution in [0.2, 0.25) is 0 Å². The molecule has 0 unspecified atom stereocenters. The maximum Gasteiger partial charge on any atom is 0.279 e. The van der Waals surface area contributed by atoms with E-state index >= 15 is 0 Å². The van der Waals surface area contributed by atoms with Crippen LogP contribution in [-0.4, -0.2) is 64.2 Å². The zero-order chi connectivity index (χ0) is 26.6. The zero-order valence-corrected chi connectivity index (χ0v) is 23.4. The Bertz CT molecular complexity index is 1550. The number of thiazole rings is 1. The van der Waals surface area contributed by atoms with E-state index in [9.17, 15) is 21.6 Å². The normalized spacial score (nSPS) is 16.2. The Labute approximate surface area is 221 Å². The fourth-order valence-electron chi connectivity index (χ4n) is 4.24. The van der Waals surface area contributed by atoms with Gasteiger partial charge in [0.05, 0.1) is 26.6 Å². The van der Waals surface area contributed by atoms with E-state index in [0.717, 1.165) is 37.5 Å². The highest BCUT2D eigenvalue weighted by Crippen LogP contribution is 2.23. The lowest BCUT2D eigenvalue weighted by molar-refractivity contribution is 0.0996. The van der Waals surface area contributed by atoms with Crippen molar-refractivity contribution in [2.75, 3.05) is 32.6 Å². The molecule has 0 saturated carbocycles. The Hall–Kier alpha value is -2.38. The molecule has 0 atom stereocenters. The molecule has 0 bridgehead atoms. The maximum atomic E-state index is 13.0. The van der Waals surface area contributed by atoms with Gasteiger partial charge in [0.2, 0.25) is 10.0 Å². The SMILES string of the molecule is CCOCCn1c(=NC(=O)c2ccc(S(=O)(=O)N3CCCCCC3)cc2)sc2cc(S(C)(=O)=O)ccc21. The Balaban J connectivity index is 1.66. The van der Waals surface area contributed by atoms with Gasteiger partial charge < -0.3 is 9.30 Å². The van der Waals surface area contributed by atoms with Crippen LogP contribution < -0.4 is 4.80 Å². The number of carbonyl (C=O) groups is 1. The molecule has 1 saturated heterocycles. The van der Waals surface area contributed by atoms with E-state index in [2.05, 4.69) is 4.99 Å². The van der Waals surface area contributed by atoms with Gasteiger partial charge in [0, 0.05) is 38.1 Å². The smallest absolute Gasteiger partial charge is 0.279 e. The van der Waals surface area contributed by atoms with Gasteiger partial charge in [0.15, 0.2) is 14.6 Å². The third-order valence-corrected chi connectivity index (χ3v) is 10.3. The lowest BCUT2D eigenvalue weighted by Crippen LogP contribution is -2.31. The first-order valence-corrected chi connectivity index (χ1v) is 16.4. The molecule has 200 valence electrons. The molecule has 1 aliphatic heterocycles. The number of amides is 1. The topological polar surface area (TPSA) is 115 Å². The van der Waals surface area contributed by atoms with Gasteiger partial charge in [-0.3, -0.25) is 4.79 Å². The predicted octanol–water partition coefficient (Wildman–Crippen LogP) is 3.45. The number of ether oxygens (including phenoxy) is 1. The molecule has 1 fully saturated rings. The van der Waals surface area contributed by atoms with Crippen LogP contribution >= 0.6 is 11.3 Å². The van der Waals surface area contributed by atoms with Crippen molar-refractivity contribution in [1.29, 1.82) is 0 Å². The highest BCUT2D eigenvalue weighted by atomic mass is 32.2. The molecular formula is C25H31N3O6S3. The van der Waals surface area contributed by atoms with E-state index in [1.165, 1.54) is 46.0 Å². The summed E-state index contributed by atoms with van der Waals surface area (Å²) in [6.07, 6.45) is 4.89.